The molecule has 0 unspecified atom stereocenters. The Hall–Kier alpha value is -3.14. The highest BCUT2D eigenvalue weighted by atomic mass is 16.5. The number of aryl methyl sites for hydroxylation is 1. The molecule has 0 aromatic heterocycles. The highest BCUT2D eigenvalue weighted by Gasteiger charge is 2.11. The first kappa shape index (κ1) is 20.6. The van der Waals surface area contributed by atoms with Crippen molar-refractivity contribution >= 4 is 17.4 Å². The summed E-state index contributed by atoms with van der Waals surface area (Å²) >= 11 is 0. The Balaban J connectivity index is 1.41. The number of ketones is 1. The van der Waals surface area contributed by atoms with Gasteiger partial charge in [-0.15, -0.1) is 0 Å². The number of unbranched alkanes of at least 4 members (excludes halogenated alkanes) is 1. The van der Waals surface area contributed by atoms with E-state index in [1.165, 1.54) is 5.56 Å². The van der Waals surface area contributed by atoms with Gasteiger partial charge < -0.3 is 10.1 Å². The molecule has 29 heavy (non-hydrogen) atoms. The van der Waals surface area contributed by atoms with Crippen LogP contribution in [0.4, 0.5) is 5.69 Å². The van der Waals surface area contributed by atoms with Gasteiger partial charge in [0.1, 0.15) is 5.75 Å². The Morgan fingerprint density at radius 2 is 1.72 bits per heavy atom. The maximum absolute atomic E-state index is 12.4. The number of hydrogen-bond donors (Lipinski definition) is 1. The fraction of sp³-hybridized carbons (Fsp3) is 0.280. The molecule has 1 aliphatic rings. The predicted molar refractivity (Wildman–Crippen MR) is 116 cm³/mol. The zero-order chi connectivity index (χ0) is 20.5. The van der Waals surface area contributed by atoms with Gasteiger partial charge in [0.2, 0.25) is 5.91 Å². The van der Waals surface area contributed by atoms with E-state index in [4.69, 9.17) is 4.74 Å². The Labute approximate surface area is 172 Å². The van der Waals surface area contributed by atoms with Crippen LogP contribution in [0, 0.1) is 0 Å². The largest absolute Gasteiger partial charge is 0.497 e. The lowest BCUT2D eigenvalue weighted by Gasteiger charge is -2.08. The third kappa shape index (κ3) is 6.18. The molecule has 0 bridgehead atoms. The molecule has 0 aliphatic heterocycles. The van der Waals surface area contributed by atoms with Crippen molar-refractivity contribution < 1.29 is 14.3 Å². The summed E-state index contributed by atoms with van der Waals surface area (Å²) in [4.78, 5) is 24.6. The standard InChI is InChI=1S/C25H27NO3/c1-29-23-17-11-19(12-18-23)7-5-6-10-24(27)26-22-15-13-21(14-16-22)25(28)20-8-3-2-4-9-20/h3,8-9,11-18H,2,4-7,10H2,1H3,(H,26,27). The van der Waals surface area contributed by atoms with Crippen molar-refractivity contribution in [2.24, 2.45) is 0 Å². The molecule has 3 rings (SSSR count). The molecule has 0 atom stereocenters. The number of methoxy groups -OCH3 is 1. The molecule has 0 heterocycles. The van der Waals surface area contributed by atoms with E-state index in [1.54, 1.807) is 31.4 Å². The molecule has 0 spiro atoms. The van der Waals surface area contributed by atoms with Crippen molar-refractivity contribution in [1.82, 2.24) is 0 Å². The number of anilines is 1. The van der Waals surface area contributed by atoms with Gasteiger partial charge in [-0.25, -0.2) is 0 Å². The summed E-state index contributed by atoms with van der Waals surface area (Å²) in [5.74, 6) is 0.877. The number of carbonyl (C=O) groups is 2. The van der Waals surface area contributed by atoms with Crippen LogP contribution in [-0.4, -0.2) is 18.8 Å². The van der Waals surface area contributed by atoms with Crippen molar-refractivity contribution in [3.8, 4) is 5.75 Å². The molecule has 0 radical (unpaired) electrons. The zero-order valence-corrected chi connectivity index (χ0v) is 16.8. The van der Waals surface area contributed by atoms with Crippen LogP contribution in [0.2, 0.25) is 0 Å². The molecular formula is C25H27NO3. The van der Waals surface area contributed by atoms with Gasteiger partial charge in [-0.1, -0.05) is 30.4 Å². The average molecular weight is 389 g/mol. The van der Waals surface area contributed by atoms with E-state index in [0.29, 0.717) is 12.0 Å². The third-order valence-corrected chi connectivity index (χ3v) is 4.97. The first-order chi connectivity index (χ1) is 14.2. The van der Waals surface area contributed by atoms with Gasteiger partial charge in [0.15, 0.2) is 5.78 Å². The molecule has 2 aromatic rings. The number of carbonyl (C=O) groups excluding carboxylic acids is 2. The topological polar surface area (TPSA) is 55.4 Å². The number of benzene rings is 2. The lowest BCUT2D eigenvalue weighted by atomic mass is 9.98. The summed E-state index contributed by atoms with van der Waals surface area (Å²) < 4.78 is 5.16. The minimum atomic E-state index is -0.00303. The summed E-state index contributed by atoms with van der Waals surface area (Å²) in [6, 6.07) is 15.1. The van der Waals surface area contributed by atoms with Crippen molar-refractivity contribution in [2.75, 3.05) is 12.4 Å². The van der Waals surface area contributed by atoms with Crippen molar-refractivity contribution in [3.63, 3.8) is 0 Å². The average Bonchev–Trinajstić information content (AvgIpc) is 2.78. The number of Topliss-reactive ketones (excluding diaryl/α,β-unsaturated/α-hetero) is 1. The molecule has 0 fully saturated rings. The normalized spacial score (nSPS) is 12.9. The molecule has 150 valence electrons. The fourth-order valence-electron chi connectivity index (χ4n) is 3.28. The van der Waals surface area contributed by atoms with E-state index >= 15 is 0 Å². The predicted octanol–water partition coefficient (Wildman–Crippen LogP) is 5.51. The van der Waals surface area contributed by atoms with Crippen LogP contribution in [0.5, 0.6) is 5.75 Å². The lowest BCUT2D eigenvalue weighted by Crippen LogP contribution is -2.11. The number of nitrogens with one attached hydrogen (secondary N) is 1. The molecule has 0 saturated carbocycles. The Morgan fingerprint density at radius 3 is 2.38 bits per heavy atom. The SMILES string of the molecule is COc1ccc(CCCCC(=O)Nc2ccc(C(=O)C3=CCCC=C3)cc2)cc1. The molecule has 1 amide bonds. The highest BCUT2D eigenvalue weighted by molar-refractivity contribution is 6.10. The quantitative estimate of drug-likeness (QED) is 0.455. The second kappa shape index (κ2) is 10.4. The summed E-state index contributed by atoms with van der Waals surface area (Å²) in [6.45, 7) is 0. The highest BCUT2D eigenvalue weighted by Crippen LogP contribution is 2.18. The monoisotopic (exact) mass is 389 g/mol. The van der Waals surface area contributed by atoms with E-state index in [1.807, 2.05) is 30.4 Å². The number of ether oxygens (including phenoxy) is 1. The minimum absolute atomic E-state index is 0.00303. The van der Waals surface area contributed by atoms with Gasteiger partial charge in [-0.05, 0) is 74.1 Å². The molecular weight excluding hydrogens is 362 g/mol. The van der Waals surface area contributed by atoms with Crippen LogP contribution in [0.3, 0.4) is 0 Å². The Morgan fingerprint density at radius 1 is 0.966 bits per heavy atom. The van der Waals surface area contributed by atoms with Crippen LogP contribution in [-0.2, 0) is 11.2 Å². The maximum Gasteiger partial charge on any atom is 0.224 e. The molecule has 4 nitrogen and oxygen atoms in total. The van der Waals surface area contributed by atoms with Gasteiger partial charge in [0, 0.05) is 23.2 Å². The zero-order valence-electron chi connectivity index (χ0n) is 16.8. The first-order valence-corrected chi connectivity index (χ1v) is 10.1. The van der Waals surface area contributed by atoms with Gasteiger partial charge >= 0.3 is 0 Å². The van der Waals surface area contributed by atoms with Crippen molar-refractivity contribution in [2.45, 2.75) is 38.5 Å². The number of amides is 1. The van der Waals surface area contributed by atoms with Gasteiger partial charge in [0.25, 0.3) is 0 Å². The van der Waals surface area contributed by atoms with E-state index in [9.17, 15) is 9.59 Å². The van der Waals surface area contributed by atoms with E-state index in [0.717, 1.165) is 49.1 Å². The minimum Gasteiger partial charge on any atom is -0.497 e. The fourth-order valence-corrected chi connectivity index (χ4v) is 3.28. The van der Waals surface area contributed by atoms with Crippen LogP contribution >= 0.6 is 0 Å². The van der Waals surface area contributed by atoms with Gasteiger partial charge in [-0.2, -0.15) is 0 Å². The Kier molecular flexibility index (Phi) is 7.40. The molecule has 1 N–H and O–H groups in total. The van der Waals surface area contributed by atoms with Gasteiger partial charge in [-0.3, -0.25) is 9.59 Å². The number of hydrogen-bond acceptors (Lipinski definition) is 3. The van der Waals surface area contributed by atoms with Crippen LogP contribution < -0.4 is 10.1 Å². The molecule has 0 saturated heterocycles. The smallest absolute Gasteiger partial charge is 0.224 e. The number of rotatable bonds is 9. The maximum atomic E-state index is 12.4. The molecule has 1 aliphatic carbocycles. The van der Waals surface area contributed by atoms with E-state index in [-0.39, 0.29) is 11.7 Å². The molecule has 2 aromatic carbocycles. The van der Waals surface area contributed by atoms with Crippen LogP contribution in [0.1, 0.15) is 48.0 Å². The third-order valence-electron chi connectivity index (χ3n) is 4.97. The second-order valence-electron chi connectivity index (χ2n) is 7.15. The van der Waals surface area contributed by atoms with E-state index < -0.39 is 0 Å². The Bertz CT molecular complexity index is 893. The molecule has 4 heteroatoms. The summed E-state index contributed by atoms with van der Waals surface area (Å²) in [7, 11) is 1.66. The summed E-state index contributed by atoms with van der Waals surface area (Å²) in [5, 5.41) is 2.91. The van der Waals surface area contributed by atoms with Crippen molar-refractivity contribution in [3.05, 3.63) is 83.5 Å². The first-order valence-electron chi connectivity index (χ1n) is 10.1. The number of allylic oxidation sites excluding steroid dienone is 4. The lowest BCUT2D eigenvalue weighted by molar-refractivity contribution is -0.116. The van der Waals surface area contributed by atoms with Crippen LogP contribution in [0.15, 0.2) is 72.3 Å². The van der Waals surface area contributed by atoms with Gasteiger partial charge in [0.05, 0.1) is 7.11 Å². The summed E-state index contributed by atoms with van der Waals surface area (Å²) in [6.07, 6.45) is 11.0. The summed E-state index contributed by atoms with van der Waals surface area (Å²) in [5.41, 5.74) is 3.34. The van der Waals surface area contributed by atoms with Crippen LogP contribution in [0.25, 0.3) is 0 Å². The second-order valence-corrected chi connectivity index (χ2v) is 7.15. The van der Waals surface area contributed by atoms with Crippen molar-refractivity contribution in [1.29, 1.82) is 0 Å². The van der Waals surface area contributed by atoms with E-state index in [2.05, 4.69) is 17.4 Å².